The number of sulfonamides is 1. The van der Waals surface area contributed by atoms with Crippen molar-refractivity contribution in [3.05, 3.63) is 18.0 Å². The number of aromatic nitrogens is 1. The highest BCUT2D eigenvalue weighted by atomic mass is 32.2. The molecule has 1 aromatic heterocycles. The van der Waals surface area contributed by atoms with Crippen molar-refractivity contribution in [1.29, 1.82) is 0 Å². The number of carbonyl (C=O) groups is 1. The normalized spacial score (nSPS) is 20.8. The second-order valence-electron chi connectivity index (χ2n) is 4.46. The standard InChI is InChI=1S/C11H16N2O5S/c1-2-12-7-9(5-10(12)11(15)16)19(17,18)13-4-3-8(14)6-13/h5,7-8,14H,2-4,6H2,1H3,(H,15,16). The van der Waals surface area contributed by atoms with Gasteiger partial charge in [0, 0.05) is 25.8 Å². The van der Waals surface area contributed by atoms with Gasteiger partial charge in [0.05, 0.1) is 6.10 Å². The highest BCUT2D eigenvalue weighted by Gasteiger charge is 2.33. The number of carboxylic acids is 1. The molecule has 19 heavy (non-hydrogen) atoms. The largest absolute Gasteiger partial charge is 0.477 e. The molecule has 2 N–H and O–H groups in total. The molecule has 1 aliphatic rings. The Kier molecular flexibility index (Phi) is 3.66. The lowest BCUT2D eigenvalue weighted by Crippen LogP contribution is -2.29. The number of hydrogen-bond acceptors (Lipinski definition) is 4. The zero-order chi connectivity index (χ0) is 14.2. The Morgan fingerprint density at radius 3 is 2.63 bits per heavy atom. The molecule has 1 aromatic rings. The van der Waals surface area contributed by atoms with Crippen LogP contribution < -0.4 is 0 Å². The Labute approximate surface area is 111 Å². The molecule has 8 heteroatoms. The van der Waals surface area contributed by atoms with E-state index < -0.39 is 22.1 Å². The van der Waals surface area contributed by atoms with Crippen LogP contribution in [0.5, 0.6) is 0 Å². The first-order chi connectivity index (χ1) is 8.86. The third-order valence-electron chi connectivity index (χ3n) is 3.20. The fraction of sp³-hybridized carbons (Fsp3) is 0.545. The molecule has 1 saturated heterocycles. The monoisotopic (exact) mass is 288 g/mol. The van der Waals surface area contributed by atoms with Crippen LogP contribution >= 0.6 is 0 Å². The fourth-order valence-electron chi connectivity index (χ4n) is 2.14. The van der Waals surface area contributed by atoms with E-state index in [9.17, 15) is 18.3 Å². The van der Waals surface area contributed by atoms with Gasteiger partial charge >= 0.3 is 5.97 Å². The molecule has 0 saturated carbocycles. The second-order valence-corrected chi connectivity index (χ2v) is 6.40. The first kappa shape index (κ1) is 14.0. The van der Waals surface area contributed by atoms with Crippen LogP contribution in [0.1, 0.15) is 23.8 Å². The summed E-state index contributed by atoms with van der Waals surface area (Å²) in [5, 5.41) is 18.4. The van der Waals surface area contributed by atoms with Crippen LogP contribution in [-0.4, -0.2) is 52.7 Å². The van der Waals surface area contributed by atoms with Gasteiger partial charge in [0.25, 0.3) is 0 Å². The van der Waals surface area contributed by atoms with Crippen LogP contribution in [0.4, 0.5) is 0 Å². The van der Waals surface area contributed by atoms with Gasteiger partial charge in [-0.1, -0.05) is 0 Å². The van der Waals surface area contributed by atoms with Crippen molar-refractivity contribution < 1.29 is 23.4 Å². The van der Waals surface area contributed by atoms with E-state index in [-0.39, 0.29) is 23.7 Å². The van der Waals surface area contributed by atoms with E-state index in [0.29, 0.717) is 13.0 Å². The summed E-state index contributed by atoms with van der Waals surface area (Å²) in [5.74, 6) is -1.16. The lowest BCUT2D eigenvalue weighted by atomic mass is 10.3. The number of aromatic carboxylic acids is 1. The van der Waals surface area contributed by atoms with E-state index in [1.165, 1.54) is 15.1 Å². The van der Waals surface area contributed by atoms with Crippen LogP contribution in [0, 0.1) is 0 Å². The number of aryl methyl sites for hydroxylation is 1. The first-order valence-electron chi connectivity index (χ1n) is 5.98. The van der Waals surface area contributed by atoms with E-state index in [1.807, 2.05) is 0 Å². The molecule has 7 nitrogen and oxygen atoms in total. The summed E-state index contributed by atoms with van der Waals surface area (Å²) in [7, 11) is -3.73. The van der Waals surface area contributed by atoms with Crippen molar-refractivity contribution in [2.75, 3.05) is 13.1 Å². The summed E-state index contributed by atoms with van der Waals surface area (Å²) in [6, 6.07) is 1.16. The molecule has 0 amide bonds. The Morgan fingerprint density at radius 1 is 1.53 bits per heavy atom. The lowest BCUT2D eigenvalue weighted by molar-refractivity contribution is 0.0685. The Bertz CT molecular complexity index is 592. The minimum atomic E-state index is -3.73. The van der Waals surface area contributed by atoms with Crippen LogP contribution in [0.25, 0.3) is 0 Å². The van der Waals surface area contributed by atoms with Gasteiger partial charge in [-0.15, -0.1) is 0 Å². The number of nitrogens with zero attached hydrogens (tertiary/aromatic N) is 2. The van der Waals surface area contributed by atoms with Crippen molar-refractivity contribution >= 4 is 16.0 Å². The van der Waals surface area contributed by atoms with Gasteiger partial charge in [0.1, 0.15) is 10.6 Å². The molecule has 1 fully saturated rings. The van der Waals surface area contributed by atoms with E-state index >= 15 is 0 Å². The van der Waals surface area contributed by atoms with Crippen LogP contribution in [0.3, 0.4) is 0 Å². The summed E-state index contributed by atoms with van der Waals surface area (Å²) < 4.78 is 27.1. The lowest BCUT2D eigenvalue weighted by Gasteiger charge is -2.14. The zero-order valence-electron chi connectivity index (χ0n) is 10.5. The highest BCUT2D eigenvalue weighted by Crippen LogP contribution is 2.23. The van der Waals surface area contributed by atoms with Crippen LogP contribution in [0.15, 0.2) is 17.2 Å². The van der Waals surface area contributed by atoms with E-state index in [0.717, 1.165) is 6.07 Å². The Balaban J connectivity index is 2.38. The molecule has 1 unspecified atom stereocenters. The summed E-state index contributed by atoms with van der Waals surface area (Å²) in [6.07, 6.45) is 1.07. The van der Waals surface area contributed by atoms with Crippen LogP contribution in [0.2, 0.25) is 0 Å². The summed E-state index contributed by atoms with van der Waals surface area (Å²) >= 11 is 0. The Morgan fingerprint density at radius 2 is 2.21 bits per heavy atom. The third kappa shape index (κ3) is 2.51. The molecule has 106 valence electrons. The quantitative estimate of drug-likeness (QED) is 0.810. The molecule has 0 radical (unpaired) electrons. The van der Waals surface area contributed by atoms with Crippen molar-refractivity contribution in [2.45, 2.75) is 30.9 Å². The zero-order valence-corrected chi connectivity index (χ0v) is 11.3. The molecule has 0 aromatic carbocycles. The molecule has 0 aliphatic carbocycles. The molecule has 1 aliphatic heterocycles. The molecule has 0 bridgehead atoms. The number of hydrogen-bond donors (Lipinski definition) is 2. The van der Waals surface area contributed by atoms with E-state index in [4.69, 9.17) is 5.11 Å². The number of carboxylic acid groups (broad SMARTS) is 1. The maximum absolute atomic E-state index is 12.3. The SMILES string of the molecule is CCn1cc(S(=O)(=O)N2CCC(O)C2)cc1C(=O)O. The van der Waals surface area contributed by atoms with Gasteiger partial charge in [-0.2, -0.15) is 4.31 Å². The number of aliphatic hydroxyl groups is 1. The molecule has 2 rings (SSSR count). The minimum absolute atomic E-state index is 0.0409. The van der Waals surface area contributed by atoms with Crippen molar-refractivity contribution in [3.8, 4) is 0 Å². The van der Waals surface area contributed by atoms with Gasteiger partial charge in [-0.05, 0) is 19.4 Å². The molecular formula is C11H16N2O5S. The molecule has 1 atom stereocenters. The van der Waals surface area contributed by atoms with Gasteiger partial charge < -0.3 is 14.8 Å². The van der Waals surface area contributed by atoms with Gasteiger partial charge in [0.15, 0.2) is 0 Å². The maximum Gasteiger partial charge on any atom is 0.352 e. The van der Waals surface area contributed by atoms with Gasteiger partial charge in [0.2, 0.25) is 10.0 Å². The summed E-state index contributed by atoms with van der Waals surface area (Å²) in [6.45, 7) is 2.42. The number of rotatable bonds is 4. The maximum atomic E-state index is 12.3. The van der Waals surface area contributed by atoms with Crippen molar-refractivity contribution in [3.63, 3.8) is 0 Å². The predicted molar refractivity (Wildman–Crippen MR) is 66.4 cm³/mol. The summed E-state index contributed by atoms with van der Waals surface area (Å²) in [5.41, 5.74) is -0.0548. The van der Waals surface area contributed by atoms with Gasteiger partial charge in [-0.3, -0.25) is 0 Å². The third-order valence-corrected chi connectivity index (χ3v) is 5.03. The smallest absolute Gasteiger partial charge is 0.352 e. The summed E-state index contributed by atoms with van der Waals surface area (Å²) in [4.78, 5) is 11.0. The molecule has 2 heterocycles. The average molecular weight is 288 g/mol. The van der Waals surface area contributed by atoms with Crippen LogP contribution in [-0.2, 0) is 16.6 Å². The second kappa shape index (κ2) is 4.95. The minimum Gasteiger partial charge on any atom is -0.477 e. The number of aliphatic hydroxyl groups excluding tert-OH is 1. The predicted octanol–water partition coefficient (Wildman–Crippen LogP) is -0.0385. The fourth-order valence-corrected chi connectivity index (χ4v) is 3.68. The Hall–Kier alpha value is -1.38. The van der Waals surface area contributed by atoms with Crippen molar-refractivity contribution in [2.24, 2.45) is 0 Å². The van der Waals surface area contributed by atoms with Gasteiger partial charge in [-0.25, -0.2) is 13.2 Å². The first-order valence-corrected chi connectivity index (χ1v) is 7.42. The number of β-amino-alcohol motifs (C(OH)–C–C–N with tert-alkyl or cyclic N) is 1. The van der Waals surface area contributed by atoms with E-state index in [1.54, 1.807) is 6.92 Å². The highest BCUT2D eigenvalue weighted by molar-refractivity contribution is 7.89. The average Bonchev–Trinajstić information content (AvgIpc) is 2.94. The topological polar surface area (TPSA) is 99.8 Å². The van der Waals surface area contributed by atoms with E-state index in [2.05, 4.69) is 0 Å². The molecular weight excluding hydrogens is 272 g/mol. The molecule has 0 spiro atoms. The van der Waals surface area contributed by atoms with Crippen molar-refractivity contribution in [1.82, 2.24) is 8.87 Å².